The van der Waals surface area contributed by atoms with Gasteiger partial charge in [-0.3, -0.25) is 0 Å². The van der Waals surface area contributed by atoms with Crippen LogP contribution in [0.25, 0.3) is 0 Å². The molecular formula is C11H15S. The van der Waals surface area contributed by atoms with Crippen LogP contribution in [0.3, 0.4) is 0 Å². The predicted octanol–water partition coefficient (Wildman–Crippen LogP) is 3.53. The minimum absolute atomic E-state index is 1.06. The summed E-state index contributed by atoms with van der Waals surface area (Å²) < 4.78 is 0. The summed E-state index contributed by atoms with van der Waals surface area (Å²) in [6.45, 7) is 3.82. The number of unbranched alkanes of at least 4 members (excludes halogenated alkanes) is 1. The van der Waals surface area contributed by atoms with Crippen LogP contribution < -0.4 is 0 Å². The highest BCUT2D eigenvalue weighted by Gasteiger charge is 1.90. The number of thioether (sulfide) groups is 1. The van der Waals surface area contributed by atoms with Crippen LogP contribution in [0, 0.1) is 6.92 Å². The molecule has 0 nitrogen and oxygen atoms in total. The second-order valence-electron chi connectivity index (χ2n) is 2.75. The lowest BCUT2D eigenvalue weighted by atomic mass is 10.2. The van der Waals surface area contributed by atoms with Crippen LogP contribution >= 0.6 is 11.8 Å². The summed E-state index contributed by atoms with van der Waals surface area (Å²) in [6, 6.07) is 10.6. The van der Waals surface area contributed by atoms with E-state index in [4.69, 9.17) is 0 Å². The van der Waals surface area contributed by atoms with Gasteiger partial charge in [-0.2, -0.15) is 11.8 Å². The number of rotatable bonds is 5. The fourth-order valence-corrected chi connectivity index (χ4v) is 1.95. The maximum Gasteiger partial charge on any atom is 0.0184 e. The Morgan fingerprint density at radius 3 is 2.58 bits per heavy atom. The Hall–Kier alpha value is -0.430. The van der Waals surface area contributed by atoms with E-state index < -0.39 is 0 Å². The van der Waals surface area contributed by atoms with Crippen LogP contribution in [-0.4, -0.2) is 5.75 Å². The number of hydrogen-bond donors (Lipinski definition) is 0. The molecule has 0 fully saturated rings. The van der Waals surface area contributed by atoms with E-state index in [1.165, 1.54) is 17.7 Å². The molecule has 0 unspecified atom stereocenters. The average molecular weight is 179 g/mol. The highest BCUT2D eigenvalue weighted by molar-refractivity contribution is 7.98. The van der Waals surface area contributed by atoms with E-state index >= 15 is 0 Å². The van der Waals surface area contributed by atoms with Crippen LogP contribution in [-0.2, 0) is 5.75 Å². The van der Waals surface area contributed by atoms with E-state index in [1.54, 1.807) is 0 Å². The largest absolute Gasteiger partial charge is 0.157 e. The fraction of sp³-hybridized carbons (Fsp3) is 0.364. The van der Waals surface area contributed by atoms with E-state index in [0.717, 1.165) is 12.2 Å². The zero-order valence-electron chi connectivity index (χ0n) is 7.33. The Bertz CT molecular complexity index is 193. The van der Waals surface area contributed by atoms with Gasteiger partial charge in [0.15, 0.2) is 0 Å². The van der Waals surface area contributed by atoms with E-state index in [2.05, 4.69) is 37.3 Å². The van der Waals surface area contributed by atoms with Gasteiger partial charge in [-0.15, -0.1) is 0 Å². The fourth-order valence-electron chi connectivity index (χ4n) is 0.968. The molecule has 1 rings (SSSR count). The minimum atomic E-state index is 1.06. The van der Waals surface area contributed by atoms with Gasteiger partial charge in [0.05, 0.1) is 0 Å². The van der Waals surface area contributed by atoms with Crippen LogP contribution in [0.5, 0.6) is 0 Å². The lowest BCUT2D eigenvalue weighted by Crippen LogP contribution is -1.82. The molecule has 0 saturated heterocycles. The van der Waals surface area contributed by atoms with Crippen LogP contribution in [0.15, 0.2) is 30.3 Å². The lowest BCUT2D eigenvalue weighted by molar-refractivity contribution is 0.969. The van der Waals surface area contributed by atoms with Crippen molar-refractivity contribution in [2.45, 2.75) is 18.6 Å². The summed E-state index contributed by atoms with van der Waals surface area (Å²) in [5, 5.41) is 0. The summed E-state index contributed by atoms with van der Waals surface area (Å²) in [7, 11) is 0. The van der Waals surface area contributed by atoms with Crippen molar-refractivity contribution in [3.8, 4) is 0 Å². The molecule has 0 atom stereocenters. The molecule has 0 bridgehead atoms. The molecule has 0 aliphatic carbocycles. The maximum atomic E-state index is 3.82. The smallest absolute Gasteiger partial charge is 0.0184 e. The lowest BCUT2D eigenvalue weighted by Gasteiger charge is -1.99. The molecule has 0 saturated carbocycles. The van der Waals surface area contributed by atoms with Gasteiger partial charge in [0, 0.05) is 5.75 Å². The van der Waals surface area contributed by atoms with Crippen LogP contribution in [0.4, 0.5) is 0 Å². The van der Waals surface area contributed by atoms with Crippen molar-refractivity contribution >= 4 is 11.8 Å². The van der Waals surface area contributed by atoms with Gasteiger partial charge in [0.2, 0.25) is 0 Å². The third-order valence-electron chi connectivity index (χ3n) is 1.65. The average Bonchev–Trinajstić information content (AvgIpc) is 2.14. The molecule has 1 heteroatoms. The summed E-state index contributed by atoms with van der Waals surface area (Å²) >= 11 is 1.99. The van der Waals surface area contributed by atoms with Crippen molar-refractivity contribution in [1.29, 1.82) is 0 Å². The van der Waals surface area contributed by atoms with Crippen molar-refractivity contribution in [2.75, 3.05) is 5.75 Å². The first kappa shape index (κ1) is 9.66. The Balaban J connectivity index is 2.16. The molecule has 1 aromatic rings. The van der Waals surface area contributed by atoms with Gasteiger partial charge < -0.3 is 0 Å². The first-order chi connectivity index (χ1) is 5.93. The summed E-state index contributed by atoms with van der Waals surface area (Å²) in [6.07, 6.45) is 2.29. The topological polar surface area (TPSA) is 0 Å². The van der Waals surface area contributed by atoms with Crippen molar-refractivity contribution in [3.63, 3.8) is 0 Å². The first-order valence-corrected chi connectivity index (χ1v) is 5.50. The van der Waals surface area contributed by atoms with Crippen molar-refractivity contribution in [1.82, 2.24) is 0 Å². The quantitative estimate of drug-likeness (QED) is 0.623. The third-order valence-corrected chi connectivity index (χ3v) is 2.77. The summed E-state index contributed by atoms with van der Waals surface area (Å²) in [4.78, 5) is 0. The molecule has 0 heterocycles. The van der Waals surface area contributed by atoms with Crippen LogP contribution in [0.2, 0.25) is 0 Å². The van der Waals surface area contributed by atoms with Gasteiger partial charge in [-0.05, 0) is 17.7 Å². The minimum Gasteiger partial charge on any atom is -0.157 e. The summed E-state index contributed by atoms with van der Waals surface area (Å²) in [5.41, 5.74) is 1.42. The van der Waals surface area contributed by atoms with Gasteiger partial charge in [0.1, 0.15) is 0 Å². The van der Waals surface area contributed by atoms with Gasteiger partial charge >= 0.3 is 0 Å². The van der Waals surface area contributed by atoms with Crippen LogP contribution in [0.1, 0.15) is 18.4 Å². The Labute approximate surface area is 79.4 Å². The molecule has 0 aromatic heterocycles. The molecule has 1 radical (unpaired) electrons. The second kappa shape index (κ2) is 6.13. The highest BCUT2D eigenvalue weighted by Crippen LogP contribution is 2.12. The Morgan fingerprint density at radius 2 is 1.92 bits per heavy atom. The van der Waals surface area contributed by atoms with E-state index in [-0.39, 0.29) is 0 Å². The SMILES string of the molecule is [CH2]CCCSCc1ccccc1. The zero-order chi connectivity index (χ0) is 8.65. The maximum absolute atomic E-state index is 3.82. The molecule has 0 amide bonds. The molecular weight excluding hydrogens is 164 g/mol. The van der Waals surface area contributed by atoms with Crippen molar-refractivity contribution in [3.05, 3.63) is 42.8 Å². The third kappa shape index (κ3) is 3.82. The predicted molar refractivity (Wildman–Crippen MR) is 57.2 cm³/mol. The first-order valence-electron chi connectivity index (χ1n) is 4.34. The molecule has 1 aromatic carbocycles. The van der Waals surface area contributed by atoms with E-state index in [0.29, 0.717) is 0 Å². The normalized spacial score (nSPS) is 10.1. The van der Waals surface area contributed by atoms with E-state index in [9.17, 15) is 0 Å². The molecule has 0 N–H and O–H groups in total. The second-order valence-corrected chi connectivity index (χ2v) is 3.85. The van der Waals surface area contributed by atoms with Crippen molar-refractivity contribution in [2.24, 2.45) is 0 Å². The molecule has 0 spiro atoms. The monoisotopic (exact) mass is 179 g/mol. The number of benzene rings is 1. The summed E-state index contributed by atoms with van der Waals surface area (Å²) in [5.74, 6) is 2.37. The number of hydrogen-bond acceptors (Lipinski definition) is 1. The molecule has 0 aliphatic rings. The van der Waals surface area contributed by atoms with Crippen molar-refractivity contribution < 1.29 is 0 Å². The van der Waals surface area contributed by atoms with Gasteiger partial charge in [-0.25, -0.2) is 0 Å². The van der Waals surface area contributed by atoms with Gasteiger partial charge in [0.25, 0.3) is 0 Å². The zero-order valence-corrected chi connectivity index (χ0v) is 8.15. The van der Waals surface area contributed by atoms with Gasteiger partial charge in [-0.1, -0.05) is 43.7 Å². The standard InChI is InChI=1S/C11H15S/c1-2-3-9-12-10-11-7-5-4-6-8-11/h4-8H,1-3,9-10H2. The molecule has 12 heavy (non-hydrogen) atoms. The Kier molecular flexibility index (Phi) is 4.93. The highest BCUT2D eigenvalue weighted by atomic mass is 32.2. The molecule has 65 valence electrons. The van der Waals surface area contributed by atoms with E-state index in [1.807, 2.05) is 11.8 Å². The molecule has 0 aliphatic heterocycles. The Morgan fingerprint density at radius 1 is 1.17 bits per heavy atom.